The largest absolute Gasteiger partial charge is 0.491 e. The first-order valence-electron chi connectivity index (χ1n) is 6.83. The highest BCUT2D eigenvalue weighted by Crippen LogP contribution is 2.27. The van der Waals surface area contributed by atoms with Crippen LogP contribution in [0.3, 0.4) is 0 Å². The number of benzene rings is 1. The minimum atomic E-state index is -0.866. The number of carbonyl (C=O) groups excluding carboxylic acids is 1. The minimum absolute atomic E-state index is 0.107. The zero-order chi connectivity index (χ0) is 15.6. The van der Waals surface area contributed by atoms with Crippen molar-refractivity contribution in [1.29, 1.82) is 0 Å². The number of hydrogen-bond donors (Lipinski definition) is 2. The predicted molar refractivity (Wildman–Crippen MR) is 82.0 cm³/mol. The number of carbonyl (C=O) groups is 1. The van der Waals surface area contributed by atoms with Gasteiger partial charge in [-0.15, -0.1) is 0 Å². The third-order valence-corrected chi connectivity index (χ3v) is 3.65. The molecule has 0 aliphatic heterocycles. The SMILES string of the molecule is CNC(C)(COc1ccc(C(C)(C)C)cc1C)C(N)=O. The minimum Gasteiger partial charge on any atom is -0.491 e. The van der Waals surface area contributed by atoms with Crippen LogP contribution < -0.4 is 15.8 Å². The van der Waals surface area contributed by atoms with Gasteiger partial charge >= 0.3 is 0 Å². The lowest BCUT2D eigenvalue weighted by molar-refractivity contribution is -0.124. The average Bonchev–Trinajstić information content (AvgIpc) is 2.35. The van der Waals surface area contributed by atoms with E-state index in [4.69, 9.17) is 10.5 Å². The van der Waals surface area contributed by atoms with E-state index in [-0.39, 0.29) is 12.0 Å². The van der Waals surface area contributed by atoms with E-state index < -0.39 is 11.4 Å². The molecule has 1 rings (SSSR count). The Balaban J connectivity index is 2.87. The Labute approximate surface area is 121 Å². The van der Waals surface area contributed by atoms with Gasteiger partial charge in [0.1, 0.15) is 17.9 Å². The number of likely N-dealkylation sites (N-methyl/N-ethyl adjacent to an activating group) is 1. The van der Waals surface area contributed by atoms with E-state index in [0.29, 0.717) is 0 Å². The number of primary amides is 1. The Morgan fingerprint density at radius 3 is 2.30 bits per heavy atom. The third kappa shape index (κ3) is 3.73. The van der Waals surface area contributed by atoms with Crippen molar-refractivity contribution in [3.8, 4) is 5.75 Å². The Bertz CT molecular complexity index is 492. The molecule has 0 saturated carbocycles. The fraction of sp³-hybridized carbons (Fsp3) is 0.562. The Hall–Kier alpha value is -1.55. The molecule has 1 unspecified atom stereocenters. The van der Waals surface area contributed by atoms with Crippen molar-refractivity contribution < 1.29 is 9.53 Å². The Morgan fingerprint density at radius 2 is 1.90 bits per heavy atom. The molecule has 1 aromatic rings. The van der Waals surface area contributed by atoms with Crippen molar-refractivity contribution in [1.82, 2.24) is 5.32 Å². The van der Waals surface area contributed by atoms with Gasteiger partial charge in [0.15, 0.2) is 0 Å². The number of hydrogen-bond acceptors (Lipinski definition) is 3. The molecule has 0 aliphatic rings. The number of aryl methyl sites for hydroxylation is 1. The van der Waals surface area contributed by atoms with Crippen molar-refractivity contribution in [3.63, 3.8) is 0 Å². The van der Waals surface area contributed by atoms with E-state index in [2.05, 4.69) is 38.2 Å². The topological polar surface area (TPSA) is 64.3 Å². The number of ether oxygens (including phenoxy) is 1. The Morgan fingerprint density at radius 1 is 1.30 bits per heavy atom. The first-order valence-corrected chi connectivity index (χ1v) is 6.83. The second-order valence-corrected chi connectivity index (χ2v) is 6.47. The first-order chi connectivity index (χ1) is 9.10. The molecule has 0 aromatic heterocycles. The van der Waals surface area contributed by atoms with Crippen LogP contribution in [0, 0.1) is 6.92 Å². The van der Waals surface area contributed by atoms with Crippen molar-refractivity contribution in [2.75, 3.05) is 13.7 Å². The highest BCUT2D eigenvalue weighted by atomic mass is 16.5. The molecule has 112 valence electrons. The molecule has 0 aliphatic carbocycles. The molecule has 20 heavy (non-hydrogen) atoms. The van der Waals surface area contributed by atoms with Crippen molar-refractivity contribution in [3.05, 3.63) is 29.3 Å². The molecule has 4 nitrogen and oxygen atoms in total. The summed E-state index contributed by atoms with van der Waals surface area (Å²) in [6.07, 6.45) is 0. The van der Waals surface area contributed by atoms with Crippen LogP contribution >= 0.6 is 0 Å². The smallest absolute Gasteiger partial charge is 0.240 e. The maximum Gasteiger partial charge on any atom is 0.240 e. The first kappa shape index (κ1) is 16.5. The molecule has 0 bridgehead atoms. The van der Waals surface area contributed by atoms with Crippen molar-refractivity contribution in [2.45, 2.75) is 45.6 Å². The lowest BCUT2D eigenvalue weighted by Crippen LogP contribution is -2.55. The standard InChI is InChI=1S/C16H26N2O2/c1-11-9-12(15(2,3)4)7-8-13(11)20-10-16(5,18-6)14(17)19/h7-9,18H,10H2,1-6H3,(H2,17,19). The maximum atomic E-state index is 11.4. The summed E-state index contributed by atoms with van der Waals surface area (Å²) in [6, 6.07) is 6.13. The highest BCUT2D eigenvalue weighted by molar-refractivity contribution is 5.84. The summed E-state index contributed by atoms with van der Waals surface area (Å²) in [6.45, 7) is 10.5. The molecule has 3 N–H and O–H groups in total. The summed E-state index contributed by atoms with van der Waals surface area (Å²) in [7, 11) is 1.70. The van der Waals surface area contributed by atoms with E-state index in [0.717, 1.165) is 11.3 Å². The van der Waals surface area contributed by atoms with Gasteiger partial charge in [-0.3, -0.25) is 4.79 Å². The van der Waals surface area contributed by atoms with Crippen molar-refractivity contribution >= 4 is 5.91 Å². The lowest BCUT2D eigenvalue weighted by atomic mass is 9.86. The summed E-state index contributed by atoms with van der Waals surface area (Å²) in [5, 5.41) is 2.90. The van der Waals surface area contributed by atoms with Crippen LogP contribution in [0.1, 0.15) is 38.8 Å². The zero-order valence-electron chi connectivity index (χ0n) is 13.3. The molecule has 0 saturated heterocycles. The second kappa shape index (κ2) is 5.83. The van der Waals surface area contributed by atoms with Gasteiger partial charge in [-0.1, -0.05) is 32.9 Å². The van der Waals surface area contributed by atoms with Gasteiger partial charge < -0.3 is 15.8 Å². The molecule has 0 spiro atoms. The van der Waals surface area contributed by atoms with Gasteiger partial charge in [-0.25, -0.2) is 0 Å². The molecule has 1 amide bonds. The Kier molecular flexibility index (Phi) is 4.81. The fourth-order valence-corrected chi connectivity index (χ4v) is 1.77. The van der Waals surface area contributed by atoms with Gasteiger partial charge in [0.05, 0.1) is 0 Å². The maximum absolute atomic E-state index is 11.4. The average molecular weight is 278 g/mol. The summed E-state index contributed by atoms with van der Waals surface area (Å²) in [5.41, 5.74) is 6.94. The van der Waals surface area contributed by atoms with Crippen LogP contribution in [0.15, 0.2) is 18.2 Å². The molecule has 4 heteroatoms. The number of nitrogens with two attached hydrogens (primary N) is 1. The van der Waals surface area contributed by atoms with Gasteiger partial charge in [-0.05, 0) is 43.5 Å². The van der Waals surface area contributed by atoms with Gasteiger partial charge in [0.25, 0.3) is 0 Å². The molecule has 0 heterocycles. The van der Waals surface area contributed by atoms with Gasteiger partial charge in [-0.2, -0.15) is 0 Å². The molecular formula is C16H26N2O2. The van der Waals surface area contributed by atoms with Crippen molar-refractivity contribution in [2.24, 2.45) is 5.73 Å². The van der Waals surface area contributed by atoms with Crippen LogP contribution in [-0.4, -0.2) is 25.1 Å². The quantitative estimate of drug-likeness (QED) is 0.867. The number of nitrogens with one attached hydrogen (secondary N) is 1. The zero-order valence-corrected chi connectivity index (χ0v) is 13.3. The highest BCUT2D eigenvalue weighted by Gasteiger charge is 2.30. The number of rotatable bonds is 5. The third-order valence-electron chi connectivity index (χ3n) is 3.65. The van der Waals surface area contributed by atoms with E-state index in [1.165, 1.54) is 5.56 Å². The van der Waals surface area contributed by atoms with Gasteiger partial charge in [0, 0.05) is 0 Å². The van der Waals surface area contributed by atoms with Gasteiger partial charge in [0.2, 0.25) is 5.91 Å². The lowest BCUT2D eigenvalue weighted by Gasteiger charge is -2.26. The predicted octanol–water partition coefficient (Wildman–Crippen LogP) is 2.13. The van der Waals surface area contributed by atoms with Crippen LogP contribution in [-0.2, 0) is 10.2 Å². The molecule has 0 fully saturated rings. The normalized spacial score (nSPS) is 14.7. The molecule has 0 radical (unpaired) electrons. The monoisotopic (exact) mass is 278 g/mol. The van der Waals surface area contributed by atoms with E-state index in [9.17, 15) is 4.79 Å². The molecular weight excluding hydrogens is 252 g/mol. The second-order valence-electron chi connectivity index (χ2n) is 6.47. The van der Waals surface area contributed by atoms with E-state index >= 15 is 0 Å². The summed E-state index contributed by atoms with van der Waals surface area (Å²) >= 11 is 0. The summed E-state index contributed by atoms with van der Waals surface area (Å²) in [5.74, 6) is 0.352. The fourth-order valence-electron chi connectivity index (χ4n) is 1.77. The van der Waals surface area contributed by atoms with E-state index in [1.807, 2.05) is 13.0 Å². The number of amides is 1. The molecule has 1 aromatic carbocycles. The van der Waals surface area contributed by atoms with Crippen LogP contribution in [0.5, 0.6) is 5.75 Å². The van der Waals surface area contributed by atoms with Crippen LogP contribution in [0.4, 0.5) is 0 Å². The molecule has 1 atom stereocenters. The van der Waals surface area contributed by atoms with Crippen LogP contribution in [0.2, 0.25) is 0 Å². The summed E-state index contributed by atoms with van der Waals surface area (Å²) in [4.78, 5) is 11.4. The summed E-state index contributed by atoms with van der Waals surface area (Å²) < 4.78 is 5.76. The van der Waals surface area contributed by atoms with E-state index in [1.54, 1.807) is 14.0 Å². The van der Waals surface area contributed by atoms with Crippen LogP contribution in [0.25, 0.3) is 0 Å².